The van der Waals surface area contributed by atoms with Crippen LogP contribution in [0.5, 0.6) is 0 Å². The highest BCUT2D eigenvalue weighted by molar-refractivity contribution is 7.15. The van der Waals surface area contributed by atoms with Crippen molar-refractivity contribution >= 4 is 58.1 Å². The van der Waals surface area contributed by atoms with Crippen LogP contribution in [0, 0.1) is 38.5 Å². The van der Waals surface area contributed by atoms with Crippen LogP contribution in [0.15, 0.2) is 47.5 Å². The number of nitrogens with two attached hydrogens (primary N) is 1. The third-order valence-electron chi connectivity index (χ3n) is 9.60. The highest BCUT2D eigenvalue weighted by atomic mass is 35.5. The summed E-state index contributed by atoms with van der Waals surface area (Å²) >= 11 is 7.84. The molecular weight excluding hydrogens is 759 g/mol. The van der Waals surface area contributed by atoms with E-state index in [-0.39, 0.29) is 30.3 Å². The number of halogens is 4. The molecule has 2 aromatic carbocycles. The highest BCUT2D eigenvalue weighted by Gasteiger charge is 2.43. The first-order chi connectivity index (χ1) is 26.1. The van der Waals surface area contributed by atoms with Gasteiger partial charge in [-0.05, 0) is 69.5 Å². The van der Waals surface area contributed by atoms with Gasteiger partial charge in [-0.1, -0.05) is 35.6 Å². The molecule has 0 spiro atoms. The molecule has 0 saturated carbocycles. The molecule has 2 aromatic heterocycles. The lowest BCUT2D eigenvalue weighted by molar-refractivity contribution is -0.193. The number of amides is 2. The summed E-state index contributed by atoms with van der Waals surface area (Å²) in [5.41, 5.74) is 8.90. The van der Waals surface area contributed by atoms with Crippen molar-refractivity contribution in [1.29, 1.82) is 0 Å². The predicted molar refractivity (Wildman–Crippen MR) is 199 cm³/mol. The molecule has 2 aliphatic rings. The smallest absolute Gasteiger partial charge is 0.383 e. The van der Waals surface area contributed by atoms with Gasteiger partial charge in [0, 0.05) is 58.3 Å². The molecule has 1 saturated heterocycles. The van der Waals surface area contributed by atoms with E-state index in [9.17, 15) is 32.3 Å². The Kier molecular flexibility index (Phi) is 11.3. The van der Waals surface area contributed by atoms with Gasteiger partial charge in [-0.25, -0.2) is 9.59 Å². The Morgan fingerprint density at radius 3 is 2.40 bits per heavy atom. The minimum atomic E-state index is -5.37. The number of rotatable bonds is 6. The zero-order valence-corrected chi connectivity index (χ0v) is 31.7. The Balaban J connectivity index is 1.17. The van der Waals surface area contributed by atoms with Crippen molar-refractivity contribution in [1.82, 2.24) is 19.7 Å². The zero-order valence-electron chi connectivity index (χ0n) is 30.2. The highest BCUT2D eigenvalue weighted by Crippen LogP contribution is 2.40. The Morgan fingerprint density at radius 1 is 1.05 bits per heavy atom. The number of nitrogens with zero attached hydrogens (tertiary/aromatic N) is 6. The minimum Gasteiger partial charge on any atom is -0.383 e. The number of fused-ring (bicyclic) bond motifs is 3. The Bertz CT molecular complexity index is 2280. The number of esters is 2. The van der Waals surface area contributed by atoms with E-state index in [4.69, 9.17) is 22.3 Å². The van der Waals surface area contributed by atoms with Gasteiger partial charge in [-0.15, -0.1) is 21.5 Å². The molecule has 1 fully saturated rings. The van der Waals surface area contributed by atoms with E-state index in [2.05, 4.69) is 40.6 Å². The number of likely N-dealkylation sites (tertiary alicyclic amines) is 1. The monoisotopic (exact) mass is 793 g/mol. The summed E-state index contributed by atoms with van der Waals surface area (Å²) in [4.78, 5) is 60.6. The summed E-state index contributed by atoms with van der Waals surface area (Å²) in [6, 6.07) is 10.6. The van der Waals surface area contributed by atoms with Gasteiger partial charge in [0.25, 0.3) is 0 Å². The number of anilines is 1. The predicted octanol–water partition coefficient (Wildman–Crippen LogP) is 5.65. The van der Waals surface area contributed by atoms with E-state index >= 15 is 0 Å². The van der Waals surface area contributed by atoms with E-state index in [1.807, 2.05) is 23.6 Å². The van der Waals surface area contributed by atoms with E-state index in [0.717, 1.165) is 38.3 Å². The van der Waals surface area contributed by atoms with Crippen LogP contribution in [0.2, 0.25) is 5.02 Å². The van der Waals surface area contributed by atoms with Crippen molar-refractivity contribution in [3.63, 3.8) is 0 Å². The number of aryl methyl sites for hydroxylation is 2. The lowest BCUT2D eigenvalue weighted by atomic mass is 9.94. The first-order valence-electron chi connectivity index (χ1n) is 17.2. The van der Waals surface area contributed by atoms with Gasteiger partial charge in [-0.3, -0.25) is 19.1 Å². The molecule has 4 heterocycles. The topological polar surface area (TPSA) is 153 Å². The van der Waals surface area contributed by atoms with Crippen LogP contribution in [-0.4, -0.2) is 82.0 Å². The molecule has 0 radical (unpaired) electrons. The second-order valence-electron chi connectivity index (χ2n) is 13.1. The van der Waals surface area contributed by atoms with Gasteiger partial charge in [0.05, 0.1) is 24.2 Å². The second kappa shape index (κ2) is 15.8. The van der Waals surface area contributed by atoms with Gasteiger partial charge >= 0.3 is 18.1 Å². The molecule has 286 valence electrons. The van der Waals surface area contributed by atoms with Crippen LogP contribution in [0.1, 0.15) is 74.4 Å². The number of piperidine rings is 1. The van der Waals surface area contributed by atoms with Gasteiger partial charge < -0.3 is 20.3 Å². The number of benzene rings is 2. The van der Waals surface area contributed by atoms with Crippen molar-refractivity contribution in [2.75, 3.05) is 31.6 Å². The van der Waals surface area contributed by atoms with Crippen molar-refractivity contribution in [2.45, 2.75) is 52.3 Å². The molecule has 4 aromatic rings. The summed E-state index contributed by atoms with van der Waals surface area (Å²) < 4.78 is 44.1. The quantitative estimate of drug-likeness (QED) is 0.150. The van der Waals surface area contributed by atoms with Crippen LogP contribution in [0.25, 0.3) is 5.00 Å². The number of thiophene rings is 1. The lowest BCUT2D eigenvalue weighted by Crippen LogP contribution is -2.44. The van der Waals surface area contributed by atoms with Crippen molar-refractivity contribution < 1.29 is 37.1 Å². The number of aliphatic imine (C=N–C) groups is 1. The molecule has 0 aliphatic carbocycles. The average molecular weight is 794 g/mol. The average Bonchev–Trinajstić information content (AvgIpc) is 3.64. The summed E-state index contributed by atoms with van der Waals surface area (Å²) in [6.07, 6.45) is -4.61. The Labute approximate surface area is 323 Å². The number of hydrogen-bond acceptors (Lipinski definition) is 10. The van der Waals surface area contributed by atoms with Crippen LogP contribution in [0.4, 0.5) is 18.9 Å². The maximum Gasteiger partial charge on any atom is 0.491 e. The second-order valence-corrected chi connectivity index (χ2v) is 14.7. The summed E-state index contributed by atoms with van der Waals surface area (Å²) in [7, 11) is 1.52. The van der Waals surface area contributed by atoms with Gasteiger partial charge in [0.15, 0.2) is 5.82 Å². The fourth-order valence-electron chi connectivity index (χ4n) is 6.57. The molecule has 2 aliphatic heterocycles. The van der Waals surface area contributed by atoms with E-state index in [0.29, 0.717) is 48.3 Å². The molecule has 12 nitrogen and oxygen atoms in total. The van der Waals surface area contributed by atoms with E-state index in [1.54, 1.807) is 28.4 Å². The standard InChI is InChI=1S/C38H35ClF3N7O5S/c1-20-21(2)55-35-31(20)32(23-7-9-26(39)10-8-23)44-29(33-46-45-22(3)49(33)35)19-30(50)48-16-13-24(14-17-48)34(51)47(4)27-11-12-28(25(18-27)6-5-15-43)36(52)54-37(53)38(40,41)42/h7-12,18,24,29H,13-17,19,43H2,1-4H3/t29-/m0/s1. The molecule has 55 heavy (non-hydrogen) atoms. The van der Waals surface area contributed by atoms with Crippen LogP contribution in [-0.2, 0) is 19.1 Å². The maximum atomic E-state index is 13.9. The lowest BCUT2D eigenvalue weighted by Gasteiger charge is -2.33. The van der Waals surface area contributed by atoms with E-state index < -0.39 is 35.6 Å². The third kappa shape index (κ3) is 8.05. The molecule has 1 atom stereocenters. The molecule has 0 bridgehead atoms. The summed E-state index contributed by atoms with van der Waals surface area (Å²) in [5.74, 6) is 1.26. The van der Waals surface area contributed by atoms with Crippen molar-refractivity contribution in [3.8, 4) is 16.8 Å². The minimum absolute atomic E-state index is 0.0245. The number of hydrogen-bond donors (Lipinski definition) is 1. The molecule has 2 amide bonds. The molecular formula is C38H35ClF3N7O5S. The first-order valence-corrected chi connectivity index (χ1v) is 18.4. The van der Waals surface area contributed by atoms with Crippen molar-refractivity contribution in [2.24, 2.45) is 16.6 Å². The molecule has 6 rings (SSSR count). The van der Waals surface area contributed by atoms with Crippen LogP contribution in [0.3, 0.4) is 0 Å². The van der Waals surface area contributed by atoms with Crippen LogP contribution < -0.4 is 10.6 Å². The molecule has 0 unspecified atom stereocenters. The Morgan fingerprint density at radius 2 is 1.75 bits per heavy atom. The van der Waals surface area contributed by atoms with Gasteiger partial charge in [0.2, 0.25) is 11.8 Å². The van der Waals surface area contributed by atoms with Gasteiger partial charge in [-0.2, -0.15) is 13.2 Å². The fraction of sp³-hybridized carbons (Fsp3) is 0.342. The Hall–Kier alpha value is -5.37. The summed E-state index contributed by atoms with van der Waals surface area (Å²) in [5, 5.41) is 10.4. The van der Waals surface area contributed by atoms with E-state index in [1.165, 1.54) is 24.1 Å². The zero-order chi connectivity index (χ0) is 39.8. The molecule has 17 heteroatoms. The number of carbonyl (C=O) groups excluding carboxylic acids is 4. The maximum absolute atomic E-state index is 13.9. The number of carbonyl (C=O) groups is 4. The SMILES string of the molecule is Cc1sc2c(c1C)C(c1ccc(Cl)cc1)=N[C@@H](CC(=O)N1CCC(C(=O)N(C)c3ccc(C(=O)OC(=O)C(F)(F)F)c(C#CCN)c3)CC1)c1nnc(C)n1-2. The third-order valence-corrected chi connectivity index (χ3v) is 11.0. The number of aromatic nitrogens is 3. The number of ether oxygens (including phenoxy) is 1. The normalized spacial score (nSPS) is 15.5. The first kappa shape index (κ1) is 39.3. The molecule has 2 N–H and O–H groups in total. The van der Waals surface area contributed by atoms with Crippen molar-refractivity contribution in [3.05, 3.63) is 91.8 Å². The van der Waals surface area contributed by atoms with Crippen LogP contribution >= 0.6 is 22.9 Å². The fourth-order valence-corrected chi connectivity index (χ4v) is 7.91. The number of alkyl halides is 3. The van der Waals surface area contributed by atoms with Gasteiger partial charge in [0.1, 0.15) is 16.9 Å². The largest absolute Gasteiger partial charge is 0.491 e. The summed E-state index contributed by atoms with van der Waals surface area (Å²) in [6.45, 7) is 6.47.